The van der Waals surface area contributed by atoms with Crippen molar-refractivity contribution in [2.45, 2.75) is 32.5 Å². The molecule has 2 unspecified atom stereocenters. The molecule has 1 fully saturated rings. The summed E-state index contributed by atoms with van der Waals surface area (Å²) in [5.41, 5.74) is 0. The molecule has 0 bridgehead atoms. The normalized spacial score (nSPS) is 22.0. The highest BCUT2D eigenvalue weighted by molar-refractivity contribution is 8.13. The van der Waals surface area contributed by atoms with Gasteiger partial charge in [-0.05, 0) is 12.8 Å². The van der Waals surface area contributed by atoms with Crippen LogP contribution in [0.2, 0.25) is 0 Å². The first-order chi connectivity index (χ1) is 8.23. The van der Waals surface area contributed by atoms with E-state index in [0.29, 0.717) is 25.1 Å². The lowest BCUT2D eigenvalue weighted by atomic mass is 10.2. The fraction of sp³-hybridized carbons (Fsp3) is 0.800. The van der Waals surface area contributed by atoms with Crippen molar-refractivity contribution >= 4 is 30.4 Å². The van der Waals surface area contributed by atoms with Crippen LogP contribution in [0, 0.1) is 5.92 Å². The molecule has 1 aliphatic rings. The van der Waals surface area contributed by atoms with Crippen LogP contribution >= 0.6 is 19.4 Å². The van der Waals surface area contributed by atoms with Crippen molar-refractivity contribution in [2.75, 3.05) is 12.3 Å². The molecule has 0 aliphatic carbocycles. The first kappa shape index (κ1) is 15.7. The summed E-state index contributed by atoms with van der Waals surface area (Å²) in [6, 6.07) is 0. The summed E-state index contributed by atoms with van der Waals surface area (Å²) in [7, 11) is -4.27. The van der Waals surface area contributed by atoms with E-state index in [2.05, 4.69) is 0 Å². The van der Waals surface area contributed by atoms with Gasteiger partial charge in [0.2, 0.25) is 5.91 Å². The summed E-state index contributed by atoms with van der Waals surface area (Å²) < 4.78 is 11.3. The number of hydrogen-bond donors (Lipinski definition) is 2. The summed E-state index contributed by atoms with van der Waals surface area (Å²) >= 11 is 1.05. The maximum Gasteiger partial charge on any atom is 0.347 e. The van der Waals surface area contributed by atoms with Gasteiger partial charge in [-0.2, -0.15) is 0 Å². The third-order valence-corrected chi connectivity index (χ3v) is 5.24. The van der Waals surface area contributed by atoms with Crippen LogP contribution in [0.4, 0.5) is 0 Å². The number of hydrogen-bond acceptors (Lipinski definition) is 4. The standard InChI is InChI=1S/C10H18NO5PS/c1-7(6-18-8(2)12)10(13)11-5-3-4-9(11)17(14,15)16/h7,9H,3-6H2,1-2H3,(H2,14,15,16). The molecule has 1 amide bonds. The predicted molar refractivity (Wildman–Crippen MR) is 69.1 cm³/mol. The number of likely N-dealkylation sites (tertiary alicyclic amines) is 1. The molecule has 2 atom stereocenters. The molecule has 18 heavy (non-hydrogen) atoms. The Morgan fingerprint density at radius 1 is 1.50 bits per heavy atom. The second-order valence-corrected chi connectivity index (χ2v) is 7.42. The van der Waals surface area contributed by atoms with Gasteiger partial charge in [-0.1, -0.05) is 18.7 Å². The topological polar surface area (TPSA) is 94.9 Å². The molecule has 0 radical (unpaired) electrons. The van der Waals surface area contributed by atoms with Crippen LogP contribution in [-0.4, -0.2) is 43.8 Å². The monoisotopic (exact) mass is 295 g/mol. The third-order valence-electron chi connectivity index (χ3n) is 2.85. The number of nitrogens with zero attached hydrogens (tertiary/aromatic N) is 1. The fourth-order valence-corrected chi connectivity index (χ4v) is 3.69. The number of rotatable bonds is 4. The van der Waals surface area contributed by atoms with E-state index in [0.717, 1.165) is 11.8 Å². The minimum atomic E-state index is -4.27. The molecule has 0 aromatic rings. The molecule has 0 aromatic carbocycles. The van der Waals surface area contributed by atoms with Gasteiger partial charge >= 0.3 is 7.60 Å². The third kappa shape index (κ3) is 4.09. The Bertz CT molecular complexity index is 382. The molecule has 1 heterocycles. The van der Waals surface area contributed by atoms with Crippen molar-refractivity contribution in [1.29, 1.82) is 0 Å². The Morgan fingerprint density at radius 3 is 2.61 bits per heavy atom. The van der Waals surface area contributed by atoms with Crippen molar-refractivity contribution in [3.05, 3.63) is 0 Å². The van der Waals surface area contributed by atoms with Gasteiger partial charge in [0.05, 0.1) is 0 Å². The maximum absolute atomic E-state index is 12.1. The van der Waals surface area contributed by atoms with Crippen LogP contribution in [0.25, 0.3) is 0 Å². The summed E-state index contributed by atoms with van der Waals surface area (Å²) in [6.07, 6.45) is 0.941. The Hall–Kier alpha value is -0.360. The van der Waals surface area contributed by atoms with Crippen molar-refractivity contribution in [3.8, 4) is 0 Å². The van der Waals surface area contributed by atoms with Crippen LogP contribution in [0.1, 0.15) is 26.7 Å². The van der Waals surface area contributed by atoms with Gasteiger partial charge < -0.3 is 14.7 Å². The van der Waals surface area contributed by atoms with Gasteiger partial charge in [-0.3, -0.25) is 14.2 Å². The van der Waals surface area contributed by atoms with E-state index in [1.54, 1.807) is 6.92 Å². The Balaban J connectivity index is 2.65. The summed E-state index contributed by atoms with van der Waals surface area (Å²) in [5, 5.41) is -0.0670. The lowest BCUT2D eigenvalue weighted by Gasteiger charge is -2.27. The maximum atomic E-state index is 12.1. The van der Waals surface area contributed by atoms with E-state index in [-0.39, 0.29) is 11.0 Å². The van der Waals surface area contributed by atoms with E-state index >= 15 is 0 Å². The van der Waals surface area contributed by atoms with Crippen molar-refractivity contribution in [1.82, 2.24) is 4.90 Å². The lowest BCUT2D eigenvalue weighted by Crippen LogP contribution is -2.39. The lowest BCUT2D eigenvalue weighted by molar-refractivity contribution is -0.134. The molecule has 8 heteroatoms. The molecular formula is C10H18NO5PS. The molecule has 6 nitrogen and oxygen atoms in total. The van der Waals surface area contributed by atoms with Gasteiger partial charge in [0.15, 0.2) is 5.12 Å². The average molecular weight is 295 g/mol. The summed E-state index contributed by atoms with van der Waals surface area (Å²) in [4.78, 5) is 42.6. The summed E-state index contributed by atoms with van der Waals surface area (Å²) in [6.45, 7) is 3.48. The quantitative estimate of drug-likeness (QED) is 0.752. The zero-order chi connectivity index (χ0) is 13.9. The average Bonchev–Trinajstić information content (AvgIpc) is 2.72. The molecule has 1 aliphatic heterocycles. The molecule has 1 saturated heterocycles. The van der Waals surface area contributed by atoms with Gasteiger partial charge in [0, 0.05) is 25.1 Å². The minimum Gasteiger partial charge on any atom is -0.328 e. The van der Waals surface area contributed by atoms with Gasteiger partial charge in [-0.25, -0.2) is 0 Å². The minimum absolute atomic E-state index is 0.0670. The molecule has 0 aromatic heterocycles. The van der Waals surface area contributed by atoms with E-state index in [4.69, 9.17) is 0 Å². The fourth-order valence-electron chi connectivity index (χ4n) is 1.95. The van der Waals surface area contributed by atoms with Gasteiger partial charge in [0.1, 0.15) is 5.78 Å². The van der Waals surface area contributed by atoms with E-state index in [1.165, 1.54) is 11.8 Å². The molecule has 104 valence electrons. The van der Waals surface area contributed by atoms with E-state index in [1.807, 2.05) is 0 Å². The van der Waals surface area contributed by atoms with Gasteiger partial charge in [-0.15, -0.1) is 0 Å². The zero-order valence-corrected chi connectivity index (χ0v) is 12.1. The largest absolute Gasteiger partial charge is 0.347 e. The van der Waals surface area contributed by atoms with E-state index in [9.17, 15) is 23.9 Å². The number of amides is 1. The van der Waals surface area contributed by atoms with Crippen LogP contribution < -0.4 is 0 Å². The molecule has 2 N–H and O–H groups in total. The highest BCUT2D eigenvalue weighted by Crippen LogP contribution is 2.48. The first-order valence-corrected chi connectivity index (χ1v) is 8.39. The zero-order valence-electron chi connectivity index (χ0n) is 10.4. The van der Waals surface area contributed by atoms with Crippen LogP contribution in [0.15, 0.2) is 0 Å². The number of carbonyl (C=O) groups is 2. The van der Waals surface area contributed by atoms with Crippen LogP contribution in [-0.2, 0) is 14.2 Å². The van der Waals surface area contributed by atoms with Crippen molar-refractivity contribution < 1.29 is 23.9 Å². The second kappa shape index (κ2) is 6.19. The first-order valence-electron chi connectivity index (χ1n) is 5.72. The molecule has 1 rings (SSSR count). The smallest absolute Gasteiger partial charge is 0.328 e. The second-order valence-electron chi connectivity index (χ2n) is 4.45. The highest BCUT2D eigenvalue weighted by Gasteiger charge is 2.41. The molecule has 0 saturated carbocycles. The highest BCUT2D eigenvalue weighted by atomic mass is 32.2. The van der Waals surface area contributed by atoms with E-state index < -0.39 is 19.3 Å². The number of carbonyl (C=O) groups excluding carboxylic acids is 2. The van der Waals surface area contributed by atoms with Crippen LogP contribution in [0.5, 0.6) is 0 Å². The predicted octanol–water partition coefficient (Wildman–Crippen LogP) is 1.03. The van der Waals surface area contributed by atoms with Crippen LogP contribution in [0.3, 0.4) is 0 Å². The molecular weight excluding hydrogens is 277 g/mol. The SMILES string of the molecule is CC(=O)SCC(C)C(=O)N1CCCC1P(=O)(O)O. The Morgan fingerprint density at radius 2 is 2.11 bits per heavy atom. The van der Waals surface area contributed by atoms with Gasteiger partial charge in [0.25, 0.3) is 0 Å². The molecule has 0 spiro atoms. The van der Waals surface area contributed by atoms with Crippen molar-refractivity contribution in [2.24, 2.45) is 5.92 Å². The number of thioether (sulfide) groups is 1. The Kier molecular flexibility index (Phi) is 5.40. The van der Waals surface area contributed by atoms with Crippen molar-refractivity contribution in [3.63, 3.8) is 0 Å². The summed E-state index contributed by atoms with van der Waals surface area (Å²) in [5.74, 6) is -1.34. The Labute approximate surface area is 110 Å².